The van der Waals surface area contributed by atoms with Gasteiger partial charge in [0, 0.05) is 12.2 Å². The van der Waals surface area contributed by atoms with Gasteiger partial charge >= 0.3 is 0 Å². The first kappa shape index (κ1) is 14.4. The fourth-order valence-electron chi connectivity index (χ4n) is 2.03. The molecule has 1 amide bonds. The monoisotopic (exact) mass is 288 g/mol. The molecule has 0 aromatic heterocycles. The van der Waals surface area contributed by atoms with E-state index in [1.807, 2.05) is 38.1 Å². The van der Waals surface area contributed by atoms with Crippen LogP contribution in [0.1, 0.15) is 22.8 Å². The van der Waals surface area contributed by atoms with E-state index in [-0.39, 0.29) is 5.91 Å². The lowest BCUT2D eigenvalue weighted by molar-refractivity contribution is 0.0988. The minimum Gasteiger partial charge on any atom is -0.398 e. The number of rotatable bonds is 3. The van der Waals surface area contributed by atoms with E-state index in [1.165, 1.54) is 0 Å². The third-order valence-corrected chi connectivity index (χ3v) is 3.59. The molecule has 104 valence electrons. The predicted molar refractivity (Wildman–Crippen MR) is 84.4 cm³/mol. The smallest absolute Gasteiger partial charge is 0.259 e. The normalized spacial score (nSPS) is 10.3. The molecule has 0 atom stereocenters. The molecule has 0 aliphatic heterocycles. The number of nitrogens with zero attached hydrogens (tertiary/aromatic N) is 1. The van der Waals surface area contributed by atoms with Gasteiger partial charge < -0.3 is 10.6 Å². The number of anilines is 2. The molecular formula is C16H17ClN2O. The Morgan fingerprint density at radius 2 is 1.85 bits per heavy atom. The largest absolute Gasteiger partial charge is 0.398 e. The first-order valence-electron chi connectivity index (χ1n) is 6.47. The Labute approximate surface area is 124 Å². The Balaban J connectivity index is 2.39. The van der Waals surface area contributed by atoms with Gasteiger partial charge in [0.2, 0.25) is 0 Å². The van der Waals surface area contributed by atoms with Crippen LogP contribution in [-0.4, -0.2) is 12.5 Å². The third-order valence-electron chi connectivity index (χ3n) is 3.17. The van der Waals surface area contributed by atoms with E-state index < -0.39 is 0 Å². The number of amides is 1. The number of nitrogens with two attached hydrogens (primary N) is 1. The highest BCUT2D eigenvalue weighted by Gasteiger charge is 2.19. The second-order valence-corrected chi connectivity index (χ2v) is 4.97. The maximum Gasteiger partial charge on any atom is 0.259 e. The summed E-state index contributed by atoms with van der Waals surface area (Å²) >= 11 is 6.13. The molecule has 2 aromatic carbocycles. The quantitative estimate of drug-likeness (QED) is 0.871. The van der Waals surface area contributed by atoms with Crippen LogP contribution in [0.25, 0.3) is 0 Å². The van der Waals surface area contributed by atoms with Crippen LogP contribution in [0, 0.1) is 6.92 Å². The van der Waals surface area contributed by atoms with E-state index in [0.717, 1.165) is 11.3 Å². The van der Waals surface area contributed by atoms with Crippen LogP contribution in [-0.2, 0) is 0 Å². The van der Waals surface area contributed by atoms with Crippen molar-refractivity contribution in [2.45, 2.75) is 13.8 Å². The summed E-state index contributed by atoms with van der Waals surface area (Å²) in [5.74, 6) is -0.145. The van der Waals surface area contributed by atoms with Crippen molar-refractivity contribution >= 4 is 28.9 Å². The summed E-state index contributed by atoms with van der Waals surface area (Å²) in [4.78, 5) is 14.3. The number of benzene rings is 2. The van der Waals surface area contributed by atoms with E-state index >= 15 is 0 Å². The molecule has 0 saturated heterocycles. The summed E-state index contributed by atoms with van der Waals surface area (Å²) in [5, 5.41) is 0.308. The highest BCUT2D eigenvalue weighted by molar-refractivity contribution is 6.36. The summed E-state index contributed by atoms with van der Waals surface area (Å²) in [7, 11) is 0. The second kappa shape index (κ2) is 5.97. The summed E-state index contributed by atoms with van der Waals surface area (Å²) in [6.45, 7) is 4.50. The van der Waals surface area contributed by atoms with Gasteiger partial charge in [-0.15, -0.1) is 0 Å². The zero-order valence-corrected chi connectivity index (χ0v) is 12.3. The molecule has 0 aliphatic carbocycles. The van der Waals surface area contributed by atoms with Gasteiger partial charge in [0.05, 0.1) is 16.3 Å². The number of nitrogen functional groups attached to an aromatic ring is 1. The number of hydrogen-bond donors (Lipinski definition) is 1. The lowest BCUT2D eigenvalue weighted by atomic mass is 10.1. The number of aryl methyl sites for hydroxylation is 1. The van der Waals surface area contributed by atoms with E-state index in [0.29, 0.717) is 22.8 Å². The van der Waals surface area contributed by atoms with Crippen molar-refractivity contribution in [3.63, 3.8) is 0 Å². The molecule has 0 heterocycles. The van der Waals surface area contributed by atoms with Crippen molar-refractivity contribution in [2.75, 3.05) is 17.2 Å². The molecule has 0 unspecified atom stereocenters. The van der Waals surface area contributed by atoms with Crippen LogP contribution in [0.3, 0.4) is 0 Å². The van der Waals surface area contributed by atoms with Gasteiger partial charge in [-0.3, -0.25) is 4.79 Å². The lowest BCUT2D eigenvalue weighted by Gasteiger charge is -2.22. The van der Waals surface area contributed by atoms with Crippen molar-refractivity contribution in [1.29, 1.82) is 0 Å². The molecule has 0 bridgehead atoms. The van der Waals surface area contributed by atoms with E-state index in [1.54, 1.807) is 23.1 Å². The molecule has 0 saturated carbocycles. The molecule has 0 spiro atoms. The van der Waals surface area contributed by atoms with E-state index in [4.69, 9.17) is 17.3 Å². The summed E-state index contributed by atoms with van der Waals surface area (Å²) in [6.07, 6.45) is 0. The topological polar surface area (TPSA) is 46.3 Å². The number of hydrogen-bond acceptors (Lipinski definition) is 2. The lowest BCUT2D eigenvalue weighted by Crippen LogP contribution is -2.30. The molecule has 0 radical (unpaired) electrons. The molecule has 20 heavy (non-hydrogen) atoms. The van der Waals surface area contributed by atoms with Crippen molar-refractivity contribution in [2.24, 2.45) is 0 Å². The van der Waals surface area contributed by atoms with Crippen LogP contribution in [0.4, 0.5) is 11.4 Å². The maximum absolute atomic E-state index is 12.6. The van der Waals surface area contributed by atoms with Gasteiger partial charge in [-0.1, -0.05) is 35.4 Å². The minimum absolute atomic E-state index is 0.145. The molecule has 2 N–H and O–H groups in total. The van der Waals surface area contributed by atoms with E-state index in [9.17, 15) is 4.79 Å². The highest BCUT2D eigenvalue weighted by Crippen LogP contribution is 2.26. The molecule has 2 rings (SSSR count). The molecule has 0 fully saturated rings. The Morgan fingerprint density at radius 1 is 1.20 bits per heavy atom. The average Bonchev–Trinajstić information content (AvgIpc) is 2.44. The predicted octanol–water partition coefficient (Wildman–Crippen LogP) is 3.90. The summed E-state index contributed by atoms with van der Waals surface area (Å²) in [6, 6.07) is 12.9. The highest BCUT2D eigenvalue weighted by atomic mass is 35.5. The van der Waals surface area contributed by atoms with Crippen LogP contribution < -0.4 is 10.6 Å². The van der Waals surface area contributed by atoms with Crippen LogP contribution in [0.5, 0.6) is 0 Å². The van der Waals surface area contributed by atoms with Crippen LogP contribution in [0.15, 0.2) is 42.5 Å². The van der Waals surface area contributed by atoms with E-state index in [2.05, 4.69) is 0 Å². The molecule has 3 nitrogen and oxygen atoms in total. The molecular weight excluding hydrogens is 272 g/mol. The first-order valence-corrected chi connectivity index (χ1v) is 6.85. The first-order chi connectivity index (χ1) is 9.54. The average molecular weight is 289 g/mol. The van der Waals surface area contributed by atoms with Crippen molar-refractivity contribution in [1.82, 2.24) is 0 Å². The Morgan fingerprint density at radius 3 is 2.45 bits per heavy atom. The fourth-order valence-corrected chi connectivity index (χ4v) is 2.24. The SMILES string of the molecule is CCN(C(=O)c1cccc(N)c1Cl)c1ccc(C)cc1. The number of carbonyl (C=O) groups excluding carboxylic acids is 1. The van der Waals surface area contributed by atoms with Gasteiger partial charge in [0.15, 0.2) is 0 Å². The molecule has 4 heteroatoms. The maximum atomic E-state index is 12.6. The van der Waals surface area contributed by atoms with Crippen molar-refractivity contribution < 1.29 is 4.79 Å². The summed E-state index contributed by atoms with van der Waals surface area (Å²) in [5.41, 5.74) is 8.60. The molecule has 0 aliphatic rings. The number of carbonyl (C=O) groups is 1. The number of halogens is 1. The van der Waals surface area contributed by atoms with Gasteiger partial charge in [-0.25, -0.2) is 0 Å². The van der Waals surface area contributed by atoms with Gasteiger partial charge in [0.25, 0.3) is 5.91 Å². The van der Waals surface area contributed by atoms with Gasteiger partial charge in [-0.2, -0.15) is 0 Å². The van der Waals surface area contributed by atoms with Crippen molar-refractivity contribution in [3.8, 4) is 0 Å². The van der Waals surface area contributed by atoms with Crippen LogP contribution >= 0.6 is 11.6 Å². The van der Waals surface area contributed by atoms with Gasteiger partial charge in [0.1, 0.15) is 0 Å². The Bertz CT molecular complexity index is 623. The Hall–Kier alpha value is -2.00. The van der Waals surface area contributed by atoms with Crippen LogP contribution in [0.2, 0.25) is 5.02 Å². The fraction of sp³-hybridized carbons (Fsp3) is 0.188. The Kier molecular flexibility index (Phi) is 4.30. The summed E-state index contributed by atoms with van der Waals surface area (Å²) < 4.78 is 0. The second-order valence-electron chi connectivity index (χ2n) is 4.59. The third kappa shape index (κ3) is 2.78. The zero-order valence-electron chi connectivity index (χ0n) is 11.6. The standard InChI is InChI=1S/C16H17ClN2O/c1-3-19(12-9-7-11(2)8-10-12)16(20)13-5-4-6-14(18)15(13)17/h4-10H,3,18H2,1-2H3. The minimum atomic E-state index is -0.145. The van der Waals surface area contributed by atoms with Crippen molar-refractivity contribution in [3.05, 3.63) is 58.6 Å². The zero-order chi connectivity index (χ0) is 14.7. The molecule has 2 aromatic rings. The van der Waals surface area contributed by atoms with Gasteiger partial charge in [-0.05, 0) is 38.1 Å².